The van der Waals surface area contributed by atoms with Crippen molar-refractivity contribution >= 4 is 21.6 Å². The summed E-state index contributed by atoms with van der Waals surface area (Å²) in [6, 6.07) is 14.4. The molecule has 0 saturated carbocycles. The third-order valence-electron chi connectivity index (χ3n) is 4.29. The van der Waals surface area contributed by atoms with Gasteiger partial charge in [-0.2, -0.15) is 0 Å². The molecule has 1 aliphatic heterocycles. The van der Waals surface area contributed by atoms with Crippen LogP contribution in [0.1, 0.15) is 17.2 Å². The lowest BCUT2D eigenvalue weighted by molar-refractivity contribution is -0.115. The van der Waals surface area contributed by atoms with E-state index in [1.165, 1.54) is 6.07 Å². The van der Waals surface area contributed by atoms with E-state index in [-0.39, 0.29) is 29.8 Å². The summed E-state index contributed by atoms with van der Waals surface area (Å²) >= 11 is 0. The van der Waals surface area contributed by atoms with Crippen molar-refractivity contribution in [1.29, 1.82) is 0 Å². The first-order chi connectivity index (χ1) is 11.9. The third kappa shape index (κ3) is 3.89. The van der Waals surface area contributed by atoms with Gasteiger partial charge < -0.3 is 10.2 Å². The van der Waals surface area contributed by atoms with Gasteiger partial charge in [0, 0.05) is 18.3 Å². The van der Waals surface area contributed by atoms with Crippen LogP contribution in [0.5, 0.6) is 0 Å². The highest BCUT2D eigenvalue weighted by Crippen LogP contribution is 2.26. The second-order valence-corrected chi connectivity index (χ2v) is 8.05. The smallest absolute Gasteiger partial charge is 0.240 e. The molecule has 6 nitrogen and oxygen atoms in total. The molecule has 3 rings (SSSR count). The SMILES string of the molecule is CN(C)C(CNS(=O)(=O)c1ccc2c(c1)CC(=O)N2)c1ccccc1. The van der Waals surface area contributed by atoms with Crippen LogP contribution in [0.4, 0.5) is 5.69 Å². The zero-order valence-electron chi connectivity index (χ0n) is 14.2. The number of nitrogens with one attached hydrogen (secondary N) is 2. The Kier molecular flexibility index (Phi) is 4.89. The Hall–Kier alpha value is -2.22. The van der Waals surface area contributed by atoms with Crippen molar-refractivity contribution in [3.63, 3.8) is 0 Å². The number of carbonyl (C=O) groups is 1. The van der Waals surface area contributed by atoms with Gasteiger partial charge in [0.25, 0.3) is 0 Å². The largest absolute Gasteiger partial charge is 0.326 e. The summed E-state index contributed by atoms with van der Waals surface area (Å²) in [7, 11) is 0.179. The fourth-order valence-corrected chi connectivity index (χ4v) is 4.01. The summed E-state index contributed by atoms with van der Waals surface area (Å²) < 4.78 is 28.0. The fraction of sp³-hybridized carbons (Fsp3) is 0.278. The number of benzene rings is 2. The number of amides is 1. The van der Waals surface area contributed by atoms with E-state index in [1.54, 1.807) is 12.1 Å². The van der Waals surface area contributed by atoms with Crippen LogP contribution in [0.2, 0.25) is 0 Å². The predicted octanol–water partition coefficient (Wildman–Crippen LogP) is 1.76. The maximum absolute atomic E-state index is 12.6. The van der Waals surface area contributed by atoms with E-state index in [2.05, 4.69) is 10.0 Å². The topological polar surface area (TPSA) is 78.5 Å². The van der Waals surface area contributed by atoms with E-state index in [4.69, 9.17) is 0 Å². The summed E-state index contributed by atoms with van der Waals surface area (Å²) in [4.78, 5) is 13.6. The maximum Gasteiger partial charge on any atom is 0.240 e. The Morgan fingerprint density at radius 1 is 1.16 bits per heavy atom. The average molecular weight is 359 g/mol. The molecule has 1 atom stereocenters. The Morgan fingerprint density at radius 2 is 1.88 bits per heavy atom. The van der Waals surface area contributed by atoms with E-state index in [9.17, 15) is 13.2 Å². The van der Waals surface area contributed by atoms with Gasteiger partial charge in [0.2, 0.25) is 15.9 Å². The van der Waals surface area contributed by atoms with Crippen molar-refractivity contribution in [1.82, 2.24) is 9.62 Å². The lowest BCUT2D eigenvalue weighted by atomic mass is 10.1. The van der Waals surface area contributed by atoms with Crippen molar-refractivity contribution in [2.75, 3.05) is 26.0 Å². The second-order valence-electron chi connectivity index (χ2n) is 6.29. The molecular weight excluding hydrogens is 338 g/mol. The van der Waals surface area contributed by atoms with Crippen LogP contribution in [0.25, 0.3) is 0 Å². The lowest BCUT2D eigenvalue weighted by Gasteiger charge is -2.25. The number of carbonyl (C=O) groups excluding carboxylic acids is 1. The molecule has 1 unspecified atom stereocenters. The zero-order valence-corrected chi connectivity index (χ0v) is 15.0. The molecule has 2 N–H and O–H groups in total. The van der Waals surface area contributed by atoms with E-state index in [1.807, 2.05) is 49.3 Å². The molecule has 1 heterocycles. The molecule has 2 aromatic carbocycles. The molecule has 0 aromatic heterocycles. The molecule has 0 radical (unpaired) electrons. The fourth-order valence-electron chi connectivity index (χ4n) is 2.92. The number of fused-ring (bicyclic) bond motifs is 1. The molecule has 7 heteroatoms. The van der Waals surface area contributed by atoms with E-state index in [0.29, 0.717) is 11.3 Å². The molecule has 132 valence electrons. The number of anilines is 1. The first kappa shape index (κ1) is 17.6. The zero-order chi connectivity index (χ0) is 18.0. The maximum atomic E-state index is 12.6. The summed E-state index contributed by atoms with van der Waals surface area (Å²) in [5.41, 5.74) is 2.43. The van der Waals surface area contributed by atoms with Gasteiger partial charge in [-0.25, -0.2) is 13.1 Å². The van der Waals surface area contributed by atoms with Crippen LogP contribution < -0.4 is 10.0 Å². The van der Waals surface area contributed by atoms with Crippen molar-refractivity contribution in [2.45, 2.75) is 17.4 Å². The Morgan fingerprint density at radius 3 is 2.56 bits per heavy atom. The first-order valence-corrected chi connectivity index (χ1v) is 9.49. The minimum absolute atomic E-state index is 0.0753. The van der Waals surface area contributed by atoms with Gasteiger partial charge in [-0.1, -0.05) is 30.3 Å². The van der Waals surface area contributed by atoms with E-state index in [0.717, 1.165) is 5.56 Å². The first-order valence-electron chi connectivity index (χ1n) is 8.00. The van der Waals surface area contributed by atoms with E-state index < -0.39 is 10.0 Å². The van der Waals surface area contributed by atoms with Crippen molar-refractivity contribution in [3.8, 4) is 0 Å². The minimum Gasteiger partial charge on any atom is -0.326 e. The number of likely N-dealkylation sites (N-methyl/N-ethyl adjacent to an activating group) is 1. The van der Waals surface area contributed by atoms with Crippen molar-refractivity contribution < 1.29 is 13.2 Å². The van der Waals surface area contributed by atoms with Crippen molar-refractivity contribution in [3.05, 3.63) is 59.7 Å². The van der Waals surface area contributed by atoms with E-state index >= 15 is 0 Å². The third-order valence-corrected chi connectivity index (χ3v) is 5.71. The standard InChI is InChI=1S/C18H21N3O3S/c1-21(2)17(13-6-4-3-5-7-13)12-19-25(23,24)15-8-9-16-14(10-15)11-18(22)20-16/h3-10,17,19H,11-12H2,1-2H3,(H,20,22). The number of hydrogen-bond donors (Lipinski definition) is 2. The molecule has 0 aliphatic carbocycles. The lowest BCUT2D eigenvalue weighted by Crippen LogP contribution is -2.34. The molecule has 0 spiro atoms. The number of sulfonamides is 1. The van der Waals surface area contributed by atoms with Gasteiger partial charge in [0.05, 0.1) is 11.3 Å². The summed E-state index contributed by atoms with van der Waals surface area (Å²) in [5.74, 6) is -0.116. The van der Waals surface area contributed by atoms with Crippen LogP contribution in [-0.4, -0.2) is 39.9 Å². The summed E-state index contributed by atoms with van der Waals surface area (Å²) in [5, 5.41) is 2.70. The highest BCUT2D eigenvalue weighted by Gasteiger charge is 2.23. The van der Waals surface area contributed by atoms with Crippen LogP contribution >= 0.6 is 0 Å². The second kappa shape index (κ2) is 6.95. The molecule has 1 amide bonds. The quantitative estimate of drug-likeness (QED) is 0.824. The van der Waals surface area contributed by atoms with Gasteiger partial charge >= 0.3 is 0 Å². The summed E-state index contributed by atoms with van der Waals surface area (Å²) in [6.07, 6.45) is 0.211. The monoisotopic (exact) mass is 359 g/mol. The molecule has 25 heavy (non-hydrogen) atoms. The Bertz CT molecular complexity index is 880. The van der Waals surface area contributed by atoms with Crippen molar-refractivity contribution in [2.24, 2.45) is 0 Å². The molecule has 0 fully saturated rings. The molecule has 2 aromatic rings. The molecule has 0 bridgehead atoms. The average Bonchev–Trinajstić information content (AvgIpc) is 2.94. The van der Waals surface area contributed by atoms with Gasteiger partial charge in [-0.05, 0) is 43.4 Å². The van der Waals surface area contributed by atoms with Crippen LogP contribution in [0, 0.1) is 0 Å². The number of nitrogens with zero attached hydrogens (tertiary/aromatic N) is 1. The van der Waals surface area contributed by atoms with Crippen LogP contribution in [0.3, 0.4) is 0 Å². The minimum atomic E-state index is -3.65. The van der Waals surface area contributed by atoms with Gasteiger partial charge in [0.1, 0.15) is 0 Å². The number of rotatable bonds is 6. The summed E-state index contributed by atoms with van der Waals surface area (Å²) in [6.45, 7) is 0.258. The predicted molar refractivity (Wildman–Crippen MR) is 96.8 cm³/mol. The number of hydrogen-bond acceptors (Lipinski definition) is 4. The molecule has 0 saturated heterocycles. The van der Waals surface area contributed by atoms with Gasteiger partial charge in [-0.15, -0.1) is 0 Å². The van der Waals surface area contributed by atoms with Crippen LogP contribution in [0.15, 0.2) is 53.4 Å². The highest BCUT2D eigenvalue weighted by atomic mass is 32.2. The Balaban J connectivity index is 1.77. The Labute approximate surface area is 147 Å². The van der Waals surface area contributed by atoms with Gasteiger partial charge in [0.15, 0.2) is 0 Å². The highest BCUT2D eigenvalue weighted by molar-refractivity contribution is 7.89. The van der Waals surface area contributed by atoms with Gasteiger partial charge in [-0.3, -0.25) is 4.79 Å². The molecular formula is C18H21N3O3S. The normalized spacial score (nSPS) is 15.1. The molecule has 1 aliphatic rings. The van der Waals surface area contributed by atoms with Crippen LogP contribution in [-0.2, 0) is 21.2 Å².